The quantitative estimate of drug-likeness (QED) is 0.791. The van der Waals surface area contributed by atoms with Crippen LogP contribution in [0.5, 0.6) is 0 Å². The molecule has 20 heavy (non-hydrogen) atoms. The number of hydrogen-bond donors (Lipinski definition) is 2. The fourth-order valence-corrected chi connectivity index (χ4v) is 4.21. The second-order valence-corrected chi connectivity index (χ2v) is 8.36. The van der Waals surface area contributed by atoms with Crippen LogP contribution in [0.15, 0.2) is 16.3 Å². The molecule has 0 amide bonds. The molecular weight excluding hydrogens is 300 g/mol. The van der Waals surface area contributed by atoms with Gasteiger partial charge in [-0.2, -0.15) is 0 Å². The molecule has 0 aliphatic rings. The number of aromatic carboxylic acids is 1. The van der Waals surface area contributed by atoms with Crippen molar-refractivity contribution in [3.63, 3.8) is 0 Å². The summed E-state index contributed by atoms with van der Waals surface area (Å²) in [5.74, 6) is -1.12. The smallest absolute Gasteiger partial charge is 0.345 e. The number of hydrogen-bond acceptors (Lipinski definition) is 5. The highest BCUT2D eigenvalue weighted by Crippen LogP contribution is 2.21. The summed E-state index contributed by atoms with van der Waals surface area (Å²) in [7, 11) is 0.186. The van der Waals surface area contributed by atoms with Gasteiger partial charge in [0.25, 0.3) is 0 Å². The molecule has 114 valence electrons. The lowest BCUT2D eigenvalue weighted by Crippen LogP contribution is -2.39. The van der Waals surface area contributed by atoms with Gasteiger partial charge in [-0.1, -0.05) is 13.8 Å². The van der Waals surface area contributed by atoms with Crippen molar-refractivity contribution in [2.45, 2.75) is 18.7 Å². The van der Waals surface area contributed by atoms with E-state index in [1.165, 1.54) is 11.4 Å². The Morgan fingerprint density at radius 2 is 2.05 bits per heavy atom. The number of sulfonamides is 1. The van der Waals surface area contributed by atoms with E-state index in [9.17, 15) is 13.2 Å². The Bertz CT molecular complexity index is 576. The van der Waals surface area contributed by atoms with Crippen LogP contribution in [0.25, 0.3) is 0 Å². The molecular formula is C12H20N2O4S2. The van der Waals surface area contributed by atoms with E-state index in [0.29, 0.717) is 0 Å². The fourth-order valence-electron chi connectivity index (χ4n) is 1.86. The average molecular weight is 320 g/mol. The molecule has 0 aromatic carbocycles. The summed E-state index contributed by atoms with van der Waals surface area (Å²) in [6, 6.07) is 1.17. The van der Waals surface area contributed by atoms with Gasteiger partial charge in [-0.05, 0) is 25.6 Å². The van der Waals surface area contributed by atoms with Gasteiger partial charge in [0.2, 0.25) is 10.0 Å². The Morgan fingerprint density at radius 1 is 1.45 bits per heavy atom. The fraction of sp³-hybridized carbons (Fsp3) is 0.583. The van der Waals surface area contributed by atoms with Crippen LogP contribution in [0.2, 0.25) is 0 Å². The first-order valence-electron chi connectivity index (χ1n) is 6.00. The number of carboxylic acids is 1. The minimum Gasteiger partial charge on any atom is -0.477 e. The van der Waals surface area contributed by atoms with Crippen LogP contribution in [0.4, 0.5) is 0 Å². The van der Waals surface area contributed by atoms with E-state index in [4.69, 9.17) is 5.11 Å². The summed E-state index contributed by atoms with van der Waals surface area (Å²) in [5, 5.41) is 10.1. The zero-order valence-corrected chi connectivity index (χ0v) is 13.6. The maximum absolute atomic E-state index is 12.1. The molecule has 0 spiro atoms. The second-order valence-electron chi connectivity index (χ2n) is 5.68. The van der Waals surface area contributed by atoms with E-state index >= 15 is 0 Å². The first kappa shape index (κ1) is 17.1. The van der Waals surface area contributed by atoms with Crippen molar-refractivity contribution < 1.29 is 18.3 Å². The van der Waals surface area contributed by atoms with Gasteiger partial charge in [0.05, 0.1) is 4.90 Å². The minimum absolute atomic E-state index is 0.000512. The number of rotatable bonds is 7. The van der Waals surface area contributed by atoms with Gasteiger partial charge in [-0.25, -0.2) is 17.9 Å². The van der Waals surface area contributed by atoms with Crippen LogP contribution in [0.3, 0.4) is 0 Å². The normalized spacial score (nSPS) is 12.8. The van der Waals surface area contributed by atoms with Crippen molar-refractivity contribution in [2.75, 3.05) is 27.2 Å². The SMILES string of the molecule is CN(C)CC(C)(C)CNS(=O)(=O)c1csc(C(=O)O)c1. The van der Waals surface area contributed by atoms with E-state index in [1.807, 2.05) is 32.8 Å². The summed E-state index contributed by atoms with van der Waals surface area (Å²) in [6.45, 7) is 4.95. The van der Waals surface area contributed by atoms with Crippen molar-refractivity contribution in [1.82, 2.24) is 9.62 Å². The maximum Gasteiger partial charge on any atom is 0.345 e. The summed E-state index contributed by atoms with van der Waals surface area (Å²) in [4.78, 5) is 12.8. The second kappa shape index (κ2) is 6.21. The Morgan fingerprint density at radius 3 is 2.50 bits per heavy atom. The van der Waals surface area contributed by atoms with Crippen LogP contribution in [0.1, 0.15) is 23.5 Å². The van der Waals surface area contributed by atoms with E-state index in [0.717, 1.165) is 17.9 Å². The van der Waals surface area contributed by atoms with Gasteiger partial charge >= 0.3 is 5.97 Å². The van der Waals surface area contributed by atoms with Crippen molar-refractivity contribution in [3.8, 4) is 0 Å². The van der Waals surface area contributed by atoms with Gasteiger partial charge < -0.3 is 10.0 Å². The first-order valence-corrected chi connectivity index (χ1v) is 8.36. The highest BCUT2D eigenvalue weighted by atomic mass is 32.2. The molecule has 0 bridgehead atoms. The topological polar surface area (TPSA) is 86.7 Å². The van der Waals surface area contributed by atoms with E-state index < -0.39 is 16.0 Å². The van der Waals surface area contributed by atoms with Crippen molar-refractivity contribution in [3.05, 3.63) is 16.3 Å². The molecule has 0 radical (unpaired) electrons. The standard InChI is InChI=1S/C12H20N2O4S2/c1-12(2,8-14(3)4)7-13-20(17,18)9-5-10(11(15)16)19-6-9/h5-6,13H,7-8H2,1-4H3,(H,15,16). The molecule has 1 aromatic heterocycles. The van der Waals surface area contributed by atoms with E-state index in [1.54, 1.807) is 0 Å². The lowest BCUT2D eigenvalue weighted by atomic mass is 9.93. The lowest BCUT2D eigenvalue weighted by Gasteiger charge is -2.28. The monoisotopic (exact) mass is 320 g/mol. The summed E-state index contributed by atoms with van der Waals surface area (Å²) in [5.41, 5.74) is -0.220. The largest absolute Gasteiger partial charge is 0.477 e. The van der Waals surface area contributed by atoms with Crippen LogP contribution in [0, 0.1) is 5.41 Å². The maximum atomic E-state index is 12.1. The van der Waals surface area contributed by atoms with Gasteiger partial charge in [-0.15, -0.1) is 11.3 Å². The van der Waals surface area contributed by atoms with E-state index in [2.05, 4.69) is 4.72 Å². The van der Waals surface area contributed by atoms with Crippen LogP contribution < -0.4 is 4.72 Å². The van der Waals surface area contributed by atoms with Crippen molar-refractivity contribution in [2.24, 2.45) is 5.41 Å². The van der Waals surface area contributed by atoms with Crippen LogP contribution in [-0.4, -0.2) is 51.6 Å². The predicted molar refractivity (Wildman–Crippen MR) is 78.8 cm³/mol. The Kier molecular flexibility index (Phi) is 5.31. The molecule has 0 fully saturated rings. The van der Waals surface area contributed by atoms with Gasteiger partial charge in [0.1, 0.15) is 4.88 Å². The zero-order chi connectivity index (χ0) is 15.6. The Balaban J connectivity index is 2.77. The lowest BCUT2D eigenvalue weighted by molar-refractivity contribution is 0.0702. The minimum atomic E-state index is -3.66. The molecule has 0 aliphatic heterocycles. The summed E-state index contributed by atoms with van der Waals surface area (Å²) >= 11 is 0.902. The van der Waals surface area contributed by atoms with Crippen molar-refractivity contribution in [1.29, 1.82) is 0 Å². The van der Waals surface area contributed by atoms with Crippen LogP contribution >= 0.6 is 11.3 Å². The molecule has 0 saturated heterocycles. The molecule has 8 heteroatoms. The zero-order valence-electron chi connectivity index (χ0n) is 12.0. The van der Waals surface area contributed by atoms with Crippen molar-refractivity contribution >= 4 is 27.3 Å². The molecule has 0 unspecified atom stereocenters. The molecule has 1 heterocycles. The molecule has 2 N–H and O–H groups in total. The van der Waals surface area contributed by atoms with Gasteiger partial charge in [0, 0.05) is 18.5 Å². The Hall–Kier alpha value is -0.960. The van der Waals surface area contributed by atoms with Crippen LogP contribution in [-0.2, 0) is 10.0 Å². The van der Waals surface area contributed by atoms with Gasteiger partial charge in [-0.3, -0.25) is 0 Å². The third-order valence-electron chi connectivity index (χ3n) is 2.58. The molecule has 0 aliphatic carbocycles. The highest BCUT2D eigenvalue weighted by Gasteiger charge is 2.24. The molecule has 6 nitrogen and oxygen atoms in total. The third-order valence-corrected chi connectivity index (χ3v) is 5.03. The molecule has 1 rings (SSSR count). The third kappa shape index (κ3) is 4.86. The highest BCUT2D eigenvalue weighted by molar-refractivity contribution is 7.89. The molecule has 0 atom stereocenters. The van der Waals surface area contributed by atoms with E-state index in [-0.39, 0.29) is 21.7 Å². The number of thiophene rings is 1. The number of carboxylic acid groups (broad SMARTS) is 1. The number of nitrogens with one attached hydrogen (secondary N) is 1. The summed E-state index contributed by atoms with van der Waals surface area (Å²) in [6.07, 6.45) is 0. The number of carbonyl (C=O) groups is 1. The average Bonchev–Trinajstić information content (AvgIpc) is 2.75. The number of nitrogens with zero attached hydrogens (tertiary/aromatic N) is 1. The Labute approximate surface area is 123 Å². The summed E-state index contributed by atoms with van der Waals surface area (Å²) < 4.78 is 26.7. The molecule has 0 saturated carbocycles. The van der Waals surface area contributed by atoms with Gasteiger partial charge in [0.15, 0.2) is 0 Å². The first-order chi connectivity index (χ1) is 9.03. The molecule has 1 aromatic rings. The predicted octanol–water partition coefficient (Wildman–Crippen LogP) is 1.31.